The third kappa shape index (κ3) is 4.50. The van der Waals surface area contributed by atoms with Gasteiger partial charge in [-0.2, -0.15) is 0 Å². The minimum absolute atomic E-state index is 0.0873. The molecule has 0 aliphatic rings. The number of carbonyl (C=O) groups excluding carboxylic acids is 1. The van der Waals surface area contributed by atoms with E-state index in [2.05, 4.69) is 20.8 Å². The number of nitrogens with zero attached hydrogens (tertiary/aromatic N) is 2. The summed E-state index contributed by atoms with van der Waals surface area (Å²) in [5, 5.41) is 24.1. The monoisotopic (exact) mass is 316 g/mol. The van der Waals surface area contributed by atoms with Crippen LogP contribution in [0.3, 0.4) is 0 Å². The van der Waals surface area contributed by atoms with E-state index in [0.717, 1.165) is 28.1 Å². The van der Waals surface area contributed by atoms with E-state index in [0.29, 0.717) is 9.47 Å². The van der Waals surface area contributed by atoms with Crippen molar-refractivity contribution < 1.29 is 14.7 Å². The lowest BCUT2D eigenvalue weighted by Gasteiger charge is -2.01. The van der Waals surface area contributed by atoms with E-state index < -0.39 is 12.0 Å². The zero-order chi connectivity index (χ0) is 13.7. The number of rotatable bonds is 5. The van der Waals surface area contributed by atoms with E-state index in [-0.39, 0.29) is 5.75 Å². The molecular weight excluding hydrogens is 308 g/mol. The van der Waals surface area contributed by atoms with Gasteiger partial charge >= 0.3 is 12.0 Å². The normalized spacial score (nSPS) is 10.1. The van der Waals surface area contributed by atoms with E-state index in [1.54, 1.807) is 6.07 Å². The fourth-order valence-corrected chi connectivity index (χ4v) is 3.11. The van der Waals surface area contributed by atoms with Crippen LogP contribution in [0.1, 0.15) is 0 Å². The van der Waals surface area contributed by atoms with Gasteiger partial charge in [0.05, 0.1) is 10.8 Å². The van der Waals surface area contributed by atoms with Crippen molar-refractivity contribution in [2.75, 3.05) is 16.4 Å². The summed E-state index contributed by atoms with van der Waals surface area (Å²) < 4.78 is 0.494. The van der Waals surface area contributed by atoms with Crippen LogP contribution in [0.2, 0.25) is 0 Å². The number of thiophene rings is 1. The minimum atomic E-state index is -0.926. The smallest absolute Gasteiger partial charge is 0.326 e. The fraction of sp³-hybridized carbons (Fsp3) is 0.111. The molecule has 2 aromatic rings. The first-order chi connectivity index (χ1) is 9.13. The van der Waals surface area contributed by atoms with Crippen LogP contribution in [0.15, 0.2) is 21.9 Å². The van der Waals surface area contributed by atoms with Gasteiger partial charge in [-0.3, -0.25) is 15.4 Å². The summed E-state index contributed by atoms with van der Waals surface area (Å²) in [7, 11) is 0. The molecular formula is C9H8N4O3S3. The number of thioether (sulfide) groups is 1. The highest BCUT2D eigenvalue weighted by Gasteiger charge is 2.10. The Balaban J connectivity index is 1.85. The molecule has 3 N–H and O–H groups in total. The van der Waals surface area contributed by atoms with Crippen LogP contribution in [-0.2, 0) is 4.79 Å². The number of carbonyl (C=O) groups is 2. The molecule has 2 amide bonds. The molecule has 19 heavy (non-hydrogen) atoms. The number of carboxylic acid groups (broad SMARTS) is 1. The number of aliphatic carboxylic acids is 1. The Morgan fingerprint density at radius 3 is 2.89 bits per heavy atom. The summed E-state index contributed by atoms with van der Waals surface area (Å²) in [6.45, 7) is 0. The van der Waals surface area contributed by atoms with Gasteiger partial charge in [0.25, 0.3) is 0 Å². The van der Waals surface area contributed by atoms with Gasteiger partial charge in [0, 0.05) is 0 Å². The maximum atomic E-state index is 11.6. The number of carboxylic acids is 1. The Labute approximate surface area is 120 Å². The largest absolute Gasteiger partial charge is 0.481 e. The molecule has 7 nitrogen and oxygen atoms in total. The second-order valence-electron chi connectivity index (χ2n) is 3.11. The lowest BCUT2D eigenvalue weighted by atomic mass is 10.6. The molecule has 0 aliphatic carbocycles. The topological polar surface area (TPSA) is 104 Å². The van der Waals surface area contributed by atoms with Crippen LogP contribution in [-0.4, -0.2) is 33.1 Å². The Kier molecular flexibility index (Phi) is 4.71. The molecule has 0 fully saturated rings. The number of urea groups is 1. The van der Waals surface area contributed by atoms with Gasteiger partial charge in [-0.15, -0.1) is 21.5 Å². The molecule has 0 saturated heterocycles. The molecule has 0 aromatic carbocycles. The first kappa shape index (κ1) is 13.8. The van der Waals surface area contributed by atoms with E-state index in [1.807, 2.05) is 11.4 Å². The number of hydrogen-bond acceptors (Lipinski definition) is 7. The molecule has 0 saturated carbocycles. The van der Waals surface area contributed by atoms with Gasteiger partial charge < -0.3 is 5.11 Å². The van der Waals surface area contributed by atoms with Crippen molar-refractivity contribution in [2.45, 2.75) is 4.34 Å². The van der Waals surface area contributed by atoms with Crippen molar-refractivity contribution in [3.8, 4) is 0 Å². The number of hydrogen-bond donors (Lipinski definition) is 3. The third-order valence-corrected chi connectivity index (χ3v) is 4.45. The lowest BCUT2D eigenvalue weighted by Crippen LogP contribution is -2.18. The highest BCUT2D eigenvalue weighted by molar-refractivity contribution is 8.01. The summed E-state index contributed by atoms with van der Waals surface area (Å²) in [5.74, 6) is -1.01. The molecule has 2 aromatic heterocycles. The Morgan fingerprint density at radius 2 is 2.21 bits per heavy atom. The molecule has 2 rings (SSSR count). The molecule has 100 valence electrons. The Bertz CT molecular complexity index is 569. The standard InChI is InChI=1S/C9H8N4O3S3/c14-6(15)4-18-9-13-12-8(19-9)11-7(16)10-5-2-1-3-17-5/h1-3H,4H2,(H,14,15)(H2,10,11,12,16). The van der Waals surface area contributed by atoms with Gasteiger partial charge in [-0.05, 0) is 17.5 Å². The quantitative estimate of drug-likeness (QED) is 0.578. The molecule has 0 unspecified atom stereocenters. The molecule has 0 aliphatic heterocycles. The summed E-state index contributed by atoms with van der Waals surface area (Å²) in [6, 6.07) is 3.19. The van der Waals surface area contributed by atoms with Crippen molar-refractivity contribution in [3.63, 3.8) is 0 Å². The first-order valence-electron chi connectivity index (χ1n) is 4.93. The summed E-state index contributed by atoms with van der Waals surface area (Å²) in [4.78, 5) is 22.0. The summed E-state index contributed by atoms with van der Waals surface area (Å²) in [5.41, 5.74) is 0. The summed E-state index contributed by atoms with van der Waals surface area (Å²) in [6.07, 6.45) is 0. The Morgan fingerprint density at radius 1 is 1.37 bits per heavy atom. The maximum absolute atomic E-state index is 11.6. The van der Waals surface area contributed by atoms with Crippen LogP contribution in [0.5, 0.6) is 0 Å². The van der Waals surface area contributed by atoms with Gasteiger partial charge in [-0.25, -0.2) is 4.79 Å². The first-order valence-corrected chi connectivity index (χ1v) is 7.61. The average molecular weight is 316 g/mol. The van der Waals surface area contributed by atoms with Crippen LogP contribution >= 0.6 is 34.4 Å². The van der Waals surface area contributed by atoms with Gasteiger partial charge in [-0.1, -0.05) is 23.1 Å². The van der Waals surface area contributed by atoms with Crippen LogP contribution in [0, 0.1) is 0 Å². The lowest BCUT2D eigenvalue weighted by molar-refractivity contribution is -0.133. The summed E-state index contributed by atoms with van der Waals surface area (Å²) >= 11 is 3.59. The van der Waals surface area contributed by atoms with Crippen molar-refractivity contribution >= 4 is 56.6 Å². The van der Waals surface area contributed by atoms with E-state index >= 15 is 0 Å². The SMILES string of the molecule is O=C(O)CSc1nnc(NC(=O)Nc2cccs2)s1. The maximum Gasteiger partial charge on any atom is 0.326 e. The average Bonchev–Trinajstić information content (AvgIpc) is 2.98. The number of anilines is 2. The fourth-order valence-electron chi connectivity index (χ4n) is 1.03. The van der Waals surface area contributed by atoms with Gasteiger partial charge in [0.15, 0.2) is 4.34 Å². The van der Waals surface area contributed by atoms with Gasteiger partial charge in [0.2, 0.25) is 5.13 Å². The van der Waals surface area contributed by atoms with Crippen molar-refractivity contribution in [1.82, 2.24) is 10.2 Å². The highest BCUT2D eigenvalue weighted by Crippen LogP contribution is 2.25. The van der Waals surface area contributed by atoms with E-state index in [4.69, 9.17) is 5.11 Å². The predicted molar refractivity (Wildman–Crippen MR) is 75.2 cm³/mol. The molecule has 0 spiro atoms. The van der Waals surface area contributed by atoms with Crippen molar-refractivity contribution in [3.05, 3.63) is 17.5 Å². The second-order valence-corrected chi connectivity index (χ2v) is 6.26. The Hall–Kier alpha value is -1.65. The zero-order valence-corrected chi connectivity index (χ0v) is 11.8. The van der Waals surface area contributed by atoms with Gasteiger partial charge in [0.1, 0.15) is 0 Å². The molecule has 2 heterocycles. The molecule has 0 radical (unpaired) electrons. The van der Waals surface area contributed by atoms with E-state index in [9.17, 15) is 9.59 Å². The third-order valence-electron chi connectivity index (χ3n) is 1.70. The minimum Gasteiger partial charge on any atom is -0.481 e. The molecule has 0 bridgehead atoms. The molecule has 10 heteroatoms. The number of nitrogens with one attached hydrogen (secondary N) is 2. The van der Waals surface area contributed by atoms with Crippen molar-refractivity contribution in [2.24, 2.45) is 0 Å². The predicted octanol–water partition coefficient (Wildman–Crippen LogP) is 2.42. The number of aromatic nitrogens is 2. The number of amides is 2. The van der Waals surface area contributed by atoms with Crippen molar-refractivity contribution in [1.29, 1.82) is 0 Å². The second kappa shape index (κ2) is 6.50. The zero-order valence-electron chi connectivity index (χ0n) is 9.32. The van der Waals surface area contributed by atoms with E-state index in [1.165, 1.54) is 11.3 Å². The van der Waals surface area contributed by atoms with Crippen LogP contribution < -0.4 is 10.6 Å². The molecule has 0 atom stereocenters. The highest BCUT2D eigenvalue weighted by atomic mass is 32.2. The van der Waals surface area contributed by atoms with Crippen LogP contribution in [0.25, 0.3) is 0 Å². The van der Waals surface area contributed by atoms with Crippen LogP contribution in [0.4, 0.5) is 14.9 Å².